The Morgan fingerprint density at radius 1 is 1.17 bits per heavy atom. The van der Waals surface area contributed by atoms with E-state index in [-0.39, 0.29) is 0 Å². The fourth-order valence-electron chi connectivity index (χ4n) is 1.30. The molecular weight excluding hydrogens is 150 g/mol. The summed E-state index contributed by atoms with van der Waals surface area (Å²) in [5.74, 6) is 0. The molecule has 0 aromatic heterocycles. The second-order valence-corrected chi connectivity index (χ2v) is 3.16. The largest absolute Gasteiger partial charge is 0.377 e. The van der Waals surface area contributed by atoms with Crippen LogP contribution < -0.4 is 5.73 Å². The maximum absolute atomic E-state index is 5.55. The van der Waals surface area contributed by atoms with Crippen molar-refractivity contribution in [3.63, 3.8) is 0 Å². The summed E-state index contributed by atoms with van der Waals surface area (Å²) < 4.78 is 5.45. The van der Waals surface area contributed by atoms with Gasteiger partial charge in [0.15, 0.2) is 0 Å². The standard InChI is InChI=1S/C10H23NO/c1-3-5-6-7-8-10(9-11)12-4-2/h10H,3-9,11H2,1-2H3. The highest BCUT2D eigenvalue weighted by Crippen LogP contribution is 2.07. The van der Waals surface area contributed by atoms with Crippen LogP contribution in [0.4, 0.5) is 0 Å². The van der Waals surface area contributed by atoms with E-state index < -0.39 is 0 Å². The lowest BCUT2D eigenvalue weighted by atomic mass is 10.1. The van der Waals surface area contributed by atoms with Gasteiger partial charge in [0.05, 0.1) is 6.10 Å². The minimum absolute atomic E-state index is 0.298. The molecule has 2 nitrogen and oxygen atoms in total. The van der Waals surface area contributed by atoms with Crippen LogP contribution >= 0.6 is 0 Å². The van der Waals surface area contributed by atoms with E-state index in [1.165, 1.54) is 25.7 Å². The van der Waals surface area contributed by atoms with Crippen LogP contribution in [0, 0.1) is 0 Å². The van der Waals surface area contributed by atoms with E-state index in [0.29, 0.717) is 12.6 Å². The lowest BCUT2D eigenvalue weighted by Gasteiger charge is -2.13. The first-order valence-corrected chi connectivity index (χ1v) is 5.16. The van der Waals surface area contributed by atoms with Crippen LogP contribution in [0.2, 0.25) is 0 Å². The number of nitrogens with two attached hydrogens (primary N) is 1. The monoisotopic (exact) mass is 173 g/mol. The lowest BCUT2D eigenvalue weighted by Crippen LogP contribution is -2.23. The smallest absolute Gasteiger partial charge is 0.0697 e. The summed E-state index contributed by atoms with van der Waals surface area (Å²) in [6.45, 7) is 5.70. The van der Waals surface area contributed by atoms with Gasteiger partial charge in [0.2, 0.25) is 0 Å². The topological polar surface area (TPSA) is 35.2 Å². The van der Waals surface area contributed by atoms with Crippen LogP contribution in [-0.2, 0) is 4.74 Å². The number of rotatable bonds is 8. The van der Waals surface area contributed by atoms with E-state index in [0.717, 1.165) is 13.0 Å². The van der Waals surface area contributed by atoms with Crippen LogP contribution in [0.1, 0.15) is 46.0 Å². The number of hydrogen-bond acceptors (Lipinski definition) is 2. The molecule has 1 unspecified atom stereocenters. The van der Waals surface area contributed by atoms with Crippen molar-refractivity contribution < 1.29 is 4.74 Å². The number of hydrogen-bond donors (Lipinski definition) is 1. The van der Waals surface area contributed by atoms with Gasteiger partial charge in [0.25, 0.3) is 0 Å². The molecule has 0 bridgehead atoms. The van der Waals surface area contributed by atoms with Crippen LogP contribution in [0.25, 0.3) is 0 Å². The molecule has 0 saturated carbocycles. The summed E-state index contributed by atoms with van der Waals surface area (Å²) in [6, 6.07) is 0. The molecule has 0 spiro atoms. The Kier molecular flexibility index (Phi) is 8.95. The van der Waals surface area contributed by atoms with Crippen molar-refractivity contribution in [1.82, 2.24) is 0 Å². The summed E-state index contributed by atoms with van der Waals surface area (Å²) in [7, 11) is 0. The fourth-order valence-corrected chi connectivity index (χ4v) is 1.30. The van der Waals surface area contributed by atoms with Gasteiger partial charge in [-0.15, -0.1) is 0 Å². The van der Waals surface area contributed by atoms with Crippen molar-refractivity contribution in [2.45, 2.75) is 52.1 Å². The molecule has 0 saturated heterocycles. The molecule has 2 N–H and O–H groups in total. The lowest BCUT2D eigenvalue weighted by molar-refractivity contribution is 0.0611. The molecular formula is C10H23NO. The molecule has 0 rings (SSSR count). The molecule has 0 aliphatic heterocycles. The number of unbranched alkanes of at least 4 members (excludes halogenated alkanes) is 3. The highest BCUT2D eigenvalue weighted by Gasteiger charge is 2.04. The summed E-state index contributed by atoms with van der Waals surface area (Å²) in [6.07, 6.45) is 6.64. The third-order valence-corrected chi connectivity index (χ3v) is 2.04. The second-order valence-electron chi connectivity index (χ2n) is 3.16. The Morgan fingerprint density at radius 2 is 1.92 bits per heavy atom. The first-order chi connectivity index (χ1) is 5.85. The fraction of sp³-hybridized carbons (Fsp3) is 1.00. The predicted molar refractivity (Wildman–Crippen MR) is 53.2 cm³/mol. The third kappa shape index (κ3) is 6.62. The minimum Gasteiger partial charge on any atom is -0.377 e. The van der Waals surface area contributed by atoms with Crippen molar-refractivity contribution >= 4 is 0 Å². The van der Waals surface area contributed by atoms with Gasteiger partial charge < -0.3 is 10.5 Å². The zero-order chi connectivity index (χ0) is 9.23. The Labute approximate surface area is 76.5 Å². The van der Waals surface area contributed by atoms with Gasteiger partial charge in [-0.3, -0.25) is 0 Å². The van der Waals surface area contributed by atoms with Gasteiger partial charge in [0.1, 0.15) is 0 Å². The van der Waals surface area contributed by atoms with Crippen molar-refractivity contribution in [1.29, 1.82) is 0 Å². The molecule has 0 aliphatic rings. The zero-order valence-corrected chi connectivity index (χ0v) is 8.51. The Balaban J connectivity index is 3.19. The van der Waals surface area contributed by atoms with Crippen molar-refractivity contribution in [3.8, 4) is 0 Å². The van der Waals surface area contributed by atoms with Crippen LogP contribution in [-0.4, -0.2) is 19.3 Å². The molecule has 74 valence electrons. The molecule has 0 fully saturated rings. The van der Waals surface area contributed by atoms with E-state index in [4.69, 9.17) is 10.5 Å². The van der Waals surface area contributed by atoms with Gasteiger partial charge in [-0.05, 0) is 13.3 Å². The first kappa shape index (κ1) is 11.9. The van der Waals surface area contributed by atoms with Crippen LogP contribution in [0.3, 0.4) is 0 Å². The SMILES string of the molecule is CCCCCCC(CN)OCC. The molecule has 1 atom stereocenters. The summed E-state index contributed by atoms with van der Waals surface area (Å²) in [5.41, 5.74) is 5.55. The van der Waals surface area contributed by atoms with Gasteiger partial charge in [-0.1, -0.05) is 32.6 Å². The van der Waals surface area contributed by atoms with Gasteiger partial charge >= 0.3 is 0 Å². The van der Waals surface area contributed by atoms with Crippen molar-refractivity contribution in [2.24, 2.45) is 5.73 Å². The minimum atomic E-state index is 0.298. The molecule has 0 amide bonds. The number of ether oxygens (including phenoxy) is 1. The van der Waals surface area contributed by atoms with E-state index in [9.17, 15) is 0 Å². The van der Waals surface area contributed by atoms with Gasteiger partial charge in [0, 0.05) is 13.2 Å². The van der Waals surface area contributed by atoms with E-state index >= 15 is 0 Å². The maximum Gasteiger partial charge on any atom is 0.0697 e. The van der Waals surface area contributed by atoms with Crippen molar-refractivity contribution in [3.05, 3.63) is 0 Å². The van der Waals surface area contributed by atoms with Crippen LogP contribution in [0.5, 0.6) is 0 Å². The molecule has 0 radical (unpaired) electrons. The summed E-state index contributed by atoms with van der Waals surface area (Å²) in [5, 5.41) is 0. The Hall–Kier alpha value is -0.0800. The van der Waals surface area contributed by atoms with Crippen molar-refractivity contribution in [2.75, 3.05) is 13.2 Å². The second kappa shape index (κ2) is 9.01. The highest BCUT2D eigenvalue weighted by atomic mass is 16.5. The van der Waals surface area contributed by atoms with Gasteiger partial charge in [-0.25, -0.2) is 0 Å². The Morgan fingerprint density at radius 3 is 2.42 bits per heavy atom. The summed E-state index contributed by atoms with van der Waals surface area (Å²) in [4.78, 5) is 0. The molecule has 0 aromatic rings. The predicted octanol–water partition coefficient (Wildman–Crippen LogP) is 2.32. The average molecular weight is 173 g/mol. The first-order valence-electron chi connectivity index (χ1n) is 5.16. The average Bonchev–Trinajstić information content (AvgIpc) is 2.10. The Bertz CT molecular complexity index is 85.9. The molecule has 0 heterocycles. The summed E-state index contributed by atoms with van der Waals surface area (Å²) >= 11 is 0. The zero-order valence-electron chi connectivity index (χ0n) is 8.51. The third-order valence-electron chi connectivity index (χ3n) is 2.04. The van der Waals surface area contributed by atoms with Gasteiger partial charge in [-0.2, -0.15) is 0 Å². The normalized spacial score (nSPS) is 13.2. The highest BCUT2D eigenvalue weighted by molar-refractivity contribution is 4.58. The maximum atomic E-state index is 5.55. The quantitative estimate of drug-likeness (QED) is 0.572. The molecule has 2 heteroatoms. The molecule has 0 aromatic carbocycles. The van der Waals surface area contributed by atoms with E-state index in [2.05, 4.69) is 6.92 Å². The van der Waals surface area contributed by atoms with E-state index in [1.807, 2.05) is 6.92 Å². The molecule has 12 heavy (non-hydrogen) atoms. The van der Waals surface area contributed by atoms with E-state index in [1.54, 1.807) is 0 Å². The molecule has 0 aliphatic carbocycles. The van der Waals surface area contributed by atoms with Crippen LogP contribution in [0.15, 0.2) is 0 Å².